The van der Waals surface area contributed by atoms with Crippen LogP contribution < -0.4 is 21.3 Å². The Labute approximate surface area is 243 Å². The zero-order valence-corrected chi connectivity index (χ0v) is 24.3. The Morgan fingerprint density at radius 3 is 2.19 bits per heavy atom. The van der Waals surface area contributed by atoms with E-state index in [2.05, 4.69) is 26.0 Å². The molecule has 1 fully saturated rings. The summed E-state index contributed by atoms with van der Waals surface area (Å²) in [6, 6.07) is 1.73. The predicted octanol–water partition coefficient (Wildman–Crippen LogP) is 0.628. The van der Waals surface area contributed by atoms with Crippen molar-refractivity contribution in [3.05, 3.63) is 34.4 Å². The Bertz CT molecular complexity index is 1190. The van der Waals surface area contributed by atoms with Gasteiger partial charge in [-0.05, 0) is 44.7 Å². The largest absolute Gasteiger partial charge is 0.469 e. The van der Waals surface area contributed by atoms with Crippen LogP contribution in [0.1, 0.15) is 53.4 Å². The van der Waals surface area contributed by atoms with E-state index < -0.39 is 64.6 Å². The van der Waals surface area contributed by atoms with E-state index >= 15 is 0 Å². The maximum absolute atomic E-state index is 13.1. The number of imide groups is 1. The Balaban J connectivity index is 1.96. The monoisotopic (exact) mass is 590 g/mol. The number of nitro benzene ring substituents is 1. The number of anilines is 1. The molecule has 1 saturated heterocycles. The van der Waals surface area contributed by atoms with Crippen LogP contribution >= 0.6 is 0 Å². The van der Waals surface area contributed by atoms with Crippen LogP contribution in [0.2, 0.25) is 0 Å². The number of hydrogen-bond donors (Lipinski definition) is 4. The van der Waals surface area contributed by atoms with E-state index in [-0.39, 0.29) is 31.0 Å². The van der Waals surface area contributed by atoms with Gasteiger partial charge in [-0.1, -0.05) is 13.8 Å². The molecule has 42 heavy (non-hydrogen) atoms. The summed E-state index contributed by atoms with van der Waals surface area (Å²) in [4.78, 5) is 86.6. The van der Waals surface area contributed by atoms with Crippen molar-refractivity contribution in [1.29, 1.82) is 0 Å². The van der Waals surface area contributed by atoms with Crippen LogP contribution in [-0.2, 0) is 33.5 Å². The lowest BCUT2D eigenvalue weighted by atomic mass is 10.0. The molecule has 0 aromatic heterocycles. The third kappa shape index (κ3) is 9.52. The van der Waals surface area contributed by atoms with Crippen LogP contribution in [0.25, 0.3) is 0 Å². The first kappa shape index (κ1) is 33.6. The number of esters is 1. The molecular weight excluding hydrogens is 552 g/mol. The van der Waals surface area contributed by atoms with Gasteiger partial charge in [-0.3, -0.25) is 44.2 Å². The Kier molecular flexibility index (Phi) is 12.4. The number of rotatable bonds is 13. The number of non-ortho nitro benzene ring substituents is 1. The summed E-state index contributed by atoms with van der Waals surface area (Å²) >= 11 is 0. The van der Waals surface area contributed by atoms with Crippen LogP contribution in [0, 0.1) is 16.0 Å². The highest BCUT2D eigenvalue weighted by molar-refractivity contribution is 6.03. The van der Waals surface area contributed by atoms with Crippen LogP contribution in [0.4, 0.5) is 11.4 Å². The maximum atomic E-state index is 13.1. The van der Waals surface area contributed by atoms with E-state index in [0.717, 1.165) is 0 Å². The minimum atomic E-state index is -1.02. The molecule has 1 aromatic carbocycles. The number of nitro groups is 1. The molecule has 5 amide bonds. The molecule has 0 spiro atoms. The second-order valence-corrected chi connectivity index (χ2v) is 10.3. The average molecular weight is 591 g/mol. The van der Waals surface area contributed by atoms with Gasteiger partial charge in [0, 0.05) is 30.8 Å². The second-order valence-electron chi connectivity index (χ2n) is 10.3. The quantitative estimate of drug-likeness (QED) is 0.143. The number of carbonyl (C=O) groups excluding carboxylic acids is 6. The number of nitrogens with one attached hydrogen (secondary N) is 4. The van der Waals surface area contributed by atoms with Gasteiger partial charge in [-0.25, -0.2) is 0 Å². The van der Waals surface area contributed by atoms with E-state index in [1.165, 1.54) is 50.1 Å². The average Bonchev–Trinajstić information content (AvgIpc) is 3.44. The fourth-order valence-corrected chi connectivity index (χ4v) is 4.33. The van der Waals surface area contributed by atoms with Crippen molar-refractivity contribution < 1.29 is 38.4 Å². The van der Waals surface area contributed by atoms with Crippen LogP contribution in [0.3, 0.4) is 0 Å². The van der Waals surface area contributed by atoms with E-state index in [0.29, 0.717) is 18.5 Å². The molecule has 230 valence electrons. The Hall–Kier alpha value is -4.56. The van der Waals surface area contributed by atoms with Gasteiger partial charge in [-0.2, -0.15) is 0 Å². The Morgan fingerprint density at radius 2 is 1.62 bits per heavy atom. The topological polar surface area (TPSA) is 206 Å². The van der Waals surface area contributed by atoms with E-state index in [4.69, 9.17) is 0 Å². The lowest BCUT2D eigenvalue weighted by molar-refractivity contribution is -0.384. The molecule has 15 nitrogen and oxygen atoms in total. The normalized spacial score (nSPS) is 16.5. The molecular formula is C27H38N6O9. The molecule has 1 aromatic rings. The number of likely N-dealkylation sites (tertiary alicyclic amines) is 1. The number of benzene rings is 1. The first-order chi connectivity index (χ1) is 19.7. The SMILES string of the molecule is COC(=O)CCC(=O)N[C@@H](C)C(=O)N[C@@H](C)C(=O)N1CCC[C@H]1C(=O)NC(=O)[C@@H](Nc1ccc([N+](=O)[O-])cc1)C(C)C. The summed E-state index contributed by atoms with van der Waals surface area (Å²) in [5.41, 5.74) is 0.352. The molecule has 1 heterocycles. The third-order valence-corrected chi connectivity index (χ3v) is 6.72. The van der Waals surface area contributed by atoms with Gasteiger partial charge < -0.3 is 25.6 Å². The zero-order chi connectivity index (χ0) is 31.6. The maximum Gasteiger partial charge on any atom is 0.306 e. The molecule has 0 aliphatic carbocycles. The van der Waals surface area contributed by atoms with Crippen LogP contribution in [-0.4, -0.2) is 83.2 Å². The highest BCUT2D eigenvalue weighted by Gasteiger charge is 2.38. The summed E-state index contributed by atoms with van der Waals surface area (Å²) in [6.07, 6.45) is 0.529. The van der Waals surface area contributed by atoms with Crippen molar-refractivity contribution in [2.75, 3.05) is 19.0 Å². The van der Waals surface area contributed by atoms with E-state index in [1.54, 1.807) is 13.8 Å². The summed E-state index contributed by atoms with van der Waals surface area (Å²) in [7, 11) is 1.20. The number of methoxy groups -OCH3 is 1. The summed E-state index contributed by atoms with van der Waals surface area (Å²) in [5.74, 6) is -3.79. The van der Waals surface area contributed by atoms with Crippen molar-refractivity contribution in [1.82, 2.24) is 20.9 Å². The molecule has 0 radical (unpaired) electrons. The number of amides is 5. The van der Waals surface area contributed by atoms with Gasteiger partial charge in [0.25, 0.3) is 5.69 Å². The van der Waals surface area contributed by atoms with Crippen molar-refractivity contribution in [3.8, 4) is 0 Å². The number of carbonyl (C=O) groups is 6. The smallest absolute Gasteiger partial charge is 0.306 e. The second kappa shape index (κ2) is 15.4. The molecule has 15 heteroatoms. The molecule has 1 aliphatic heterocycles. The van der Waals surface area contributed by atoms with Crippen LogP contribution in [0.5, 0.6) is 0 Å². The van der Waals surface area contributed by atoms with Crippen molar-refractivity contribution in [2.45, 2.75) is 77.5 Å². The highest BCUT2D eigenvalue weighted by Crippen LogP contribution is 2.20. The van der Waals surface area contributed by atoms with Crippen molar-refractivity contribution in [3.63, 3.8) is 0 Å². The fraction of sp³-hybridized carbons (Fsp3) is 0.556. The number of ether oxygens (including phenoxy) is 1. The molecule has 2 rings (SSSR count). The Morgan fingerprint density at radius 1 is 0.976 bits per heavy atom. The molecule has 0 bridgehead atoms. The first-order valence-electron chi connectivity index (χ1n) is 13.6. The molecule has 0 unspecified atom stereocenters. The van der Waals surface area contributed by atoms with E-state index in [9.17, 15) is 38.9 Å². The predicted molar refractivity (Wildman–Crippen MR) is 150 cm³/mol. The molecule has 1 aliphatic rings. The summed E-state index contributed by atoms with van der Waals surface area (Å²) < 4.78 is 4.47. The van der Waals surface area contributed by atoms with Gasteiger partial charge in [0.15, 0.2) is 0 Å². The van der Waals surface area contributed by atoms with E-state index in [1.807, 2.05) is 0 Å². The standard InChI is InChI=1S/C27H38N6O9/c1-15(2)23(30-18-8-10-19(11-9-18)33(40)41)26(38)31-25(37)20-7-6-14-32(20)27(39)17(4)29-24(36)16(3)28-21(34)12-13-22(35)42-5/h8-11,15-17,20,23,30H,6-7,12-14H2,1-5H3,(H,28,34)(H,29,36)(H,31,37,38)/t16-,17-,20-,23-/m0/s1. The van der Waals surface area contributed by atoms with Gasteiger partial charge in [0.2, 0.25) is 29.5 Å². The van der Waals surface area contributed by atoms with Gasteiger partial charge >= 0.3 is 5.97 Å². The number of nitrogens with zero attached hydrogens (tertiary/aromatic N) is 2. The minimum Gasteiger partial charge on any atom is -0.469 e. The lowest BCUT2D eigenvalue weighted by Crippen LogP contribution is -2.56. The minimum absolute atomic E-state index is 0.104. The fourth-order valence-electron chi connectivity index (χ4n) is 4.33. The lowest BCUT2D eigenvalue weighted by Gasteiger charge is -2.28. The third-order valence-electron chi connectivity index (χ3n) is 6.72. The summed E-state index contributed by atoms with van der Waals surface area (Å²) in [5, 5.41) is 21.2. The van der Waals surface area contributed by atoms with Gasteiger partial charge in [0.05, 0.1) is 18.5 Å². The number of hydrogen-bond acceptors (Lipinski definition) is 10. The molecule has 4 N–H and O–H groups in total. The molecule has 4 atom stereocenters. The van der Waals surface area contributed by atoms with Gasteiger partial charge in [-0.15, -0.1) is 0 Å². The first-order valence-corrected chi connectivity index (χ1v) is 13.6. The van der Waals surface area contributed by atoms with Gasteiger partial charge in [0.1, 0.15) is 24.2 Å². The van der Waals surface area contributed by atoms with Crippen molar-refractivity contribution in [2.24, 2.45) is 5.92 Å². The summed E-state index contributed by atoms with van der Waals surface area (Å²) in [6.45, 7) is 6.67. The van der Waals surface area contributed by atoms with Crippen LogP contribution in [0.15, 0.2) is 24.3 Å². The van der Waals surface area contributed by atoms with Crippen molar-refractivity contribution >= 4 is 46.9 Å². The highest BCUT2D eigenvalue weighted by atomic mass is 16.6. The molecule has 0 saturated carbocycles. The zero-order valence-electron chi connectivity index (χ0n) is 24.3.